The van der Waals surface area contributed by atoms with E-state index in [1.807, 2.05) is 25.3 Å². The van der Waals surface area contributed by atoms with E-state index in [2.05, 4.69) is 10.2 Å². The smallest absolute Gasteiger partial charge is 0.319 e. The normalized spacial score (nSPS) is 14.9. The van der Waals surface area contributed by atoms with Crippen LogP contribution in [0, 0.1) is 0 Å². The number of hydrogen-bond acceptors (Lipinski definition) is 4. The standard InChI is InChI=1S/C11H17N3O2/c1-4-16-10(15)11(2,3)9-13-12-8-6-5-7-14(8)9/h4-7H2,1-3H3. The van der Waals surface area contributed by atoms with Crippen LogP contribution in [0.1, 0.15) is 38.8 Å². The van der Waals surface area contributed by atoms with Crippen LogP contribution in [-0.2, 0) is 27.9 Å². The molecule has 0 bridgehead atoms. The van der Waals surface area contributed by atoms with Crippen molar-refractivity contribution in [2.24, 2.45) is 0 Å². The molecule has 5 heteroatoms. The molecule has 0 radical (unpaired) electrons. The molecule has 1 aromatic rings. The molecular formula is C11H17N3O2. The van der Waals surface area contributed by atoms with Crippen molar-refractivity contribution in [3.63, 3.8) is 0 Å². The zero-order valence-electron chi connectivity index (χ0n) is 9.99. The third-order valence-electron chi connectivity index (χ3n) is 2.95. The predicted molar refractivity (Wildman–Crippen MR) is 58.0 cm³/mol. The molecule has 0 saturated heterocycles. The summed E-state index contributed by atoms with van der Waals surface area (Å²) in [6, 6.07) is 0. The third-order valence-corrected chi connectivity index (χ3v) is 2.95. The van der Waals surface area contributed by atoms with Gasteiger partial charge in [0.1, 0.15) is 17.1 Å². The molecule has 2 rings (SSSR count). The zero-order valence-corrected chi connectivity index (χ0v) is 9.99. The van der Waals surface area contributed by atoms with Gasteiger partial charge >= 0.3 is 5.97 Å². The van der Waals surface area contributed by atoms with E-state index in [0.29, 0.717) is 6.61 Å². The van der Waals surface area contributed by atoms with Gasteiger partial charge in [-0.25, -0.2) is 0 Å². The molecule has 5 nitrogen and oxygen atoms in total. The van der Waals surface area contributed by atoms with Gasteiger partial charge in [0, 0.05) is 13.0 Å². The average molecular weight is 223 g/mol. The molecule has 0 aromatic carbocycles. The van der Waals surface area contributed by atoms with Crippen molar-refractivity contribution in [1.29, 1.82) is 0 Å². The van der Waals surface area contributed by atoms with Crippen molar-refractivity contribution in [2.45, 2.75) is 45.6 Å². The van der Waals surface area contributed by atoms with Crippen LogP contribution in [0.15, 0.2) is 0 Å². The molecule has 1 aliphatic heterocycles. The summed E-state index contributed by atoms with van der Waals surface area (Å²) >= 11 is 0. The van der Waals surface area contributed by atoms with E-state index in [1.165, 1.54) is 0 Å². The van der Waals surface area contributed by atoms with Gasteiger partial charge in [-0.05, 0) is 27.2 Å². The lowest BCUT2D eigenvalue weighted by Gasteiger charge is -2.21. The molecule has 1 aliphatic rings. The van der Waals surface area contributed by atoms with Gasteiger partial charge in [0.15, 0.2) is 0 Å². The van der Waals surface area contributed by atoms with E-state index >= 15 is 0 Å². The maximum Gasteiger partial charge on any atom is 0.319 e. The Morgan fingerprint density at radius 1 is 1.50 bits per heavy atom. The SMILES string of the molecule is CCOC(=O)C(C)(C)c1nnc2n1CCC2. The Morgan fingerprint density at radius 2 is 2.25 bits per heavy atom. The summed E-state index contributed by atoms with van der Waals surface area (Å²) in [6.07, 6.45) is 2.03. The monoisotopic (exact) mass is 223 g/mol. The molecule has 1 aromatic heterocycles. The van der Waals surface area contributed by atoms with Crippen LogP contribution in [0.25, 0.3) is 0 Å². The summed E-state index contributed by atoms with van der Waals surface area (Å²) in [5, 5.41) is 8.24. The molecule has 0 spiro atoms. The van der Waals surface area contributed by atoms with Crippen LogP contribution in [0.3, 0.4) is 0 Å². The number of carbonyl (C=O) groups excluding carboxylic acids is 1. The number of carbonyl (C=O) groups is 1. The molecule has 0 fully saturated rings. The van der Waals surface area contributed by atoms with Crippen molar-refractivity contribution < 1.29 is 9.53 Å². The summed E-state index contributed by atoms with van der Waals surface area (Å²) in [7, 11) is 0. The number of esters is 1. The first-order valence-electron chi connectivity index (χ1n) is 5.67. The van der Waals surface area contributed by atoms with Crippen LogP contribution in [-0.4, -0.2) is 27.3 Å². The summed E-state index contributed by atoms with van der Waals surface area (Å²) < 4.78 is 7.11. The first kappa shape index (κ1) is 11.1. The fourth-order valence-corrected chi connectivity index (χ4v) is 2.02. The molecule has 88 valence electrons. The zero-order chi connectivity index (χ0) is 11.8. The lowest BCUT2D eigenvalue weighted by molar-refractivity contribution is -0.149. The van der Waals surface area contributed by atoms with Crippen molar-refractivity contribution in [1.82, 2.24) is 14.8 Å². The van der Waals surface area contributed by atoms with Crippen molar-refractivity contribution >= 4 is 5.97 Å². The third kappa shape index (κ3) is 1.60. The maximum atomic E-state index is 11.9. The molecule has 0 saturated carbocycles. The van der Waals surface area contributed by atoms with E-state index < -0.39 is 5.41 Å². The van der Waals surface area contributed by atoms with E-state index in [0.717, 1.165) is 31.0 Å². The van der Waals surface area contributed by atoms with Gasteiger partial charge in [-0.1, -0.05) is 0 Å². The van der Waals surface area contributed by atoms with Gasteiger partial charge in [0.2, 0.25) is 0 Å². The largest absolute Gasteiger partial charge is 0.465 e. The van der Waals surface area contributed by atoms with Crippen molar-refractivity contribution in [3.8, 4) is 0 Å². The molecule has 0 unspecified atom stereocenters. The second-order valence-corrected chi connectivity index (χ2v) is 4.54. The van der Waals surface area contributed by atoms with Crippen molar-refractivity contribution in [3.05, 3.63) is 11.6 Å². The highest BCUT2D eigenvalue weighted by molar-refractivity contribution is 5.81. The first-order chi connectivity index (χ1) is 7.57. The lowest BCUT2D eigenvalue weighted by Crippen LogP contribution is -2.34. The Bertz CT molecular complexity index is 409. The summed E-state index contributed by atoms with van der Waals surface area (Å²) in [4.78, 5) is 11.9. The summed E-state index contributed by atoms with van der Waals surface area (Å²) in [6.45, 7) is 6.77. The van der Waals surface area contributed by atoms with Gasteiger partial charge in [-0.15, -0.1) is 10.2 Å². The number of hydrogen-bond donors (Lipinski definition) is 0. The topological polar surface area (TPSA) is 57.0 Å². The molecule has 0 N–H and O–H groups in total. The molecular weight excluding hydrogens is 206 g/mol. The van der Waals surface area contributed by atoms with E-state index in [4.69, 9.17) is 4.74 Å². The number of ether oxygens (including phenoxy) is 1. The van der Waals surface area contributed by atoms with Crippen LogP contribution in [0.5, 0.6) is 0 Å². The van der Waals surface area contributed by atoms with Gasteiger partial charge in [-0.3, -0.25) is 4.79 Å². The quantitative estimate of drug-likeness (QED) is 0.719. The first-order valence-corrected chi connectivity index (χ1v) is 5.67. The highest BCUT2D eigenvalue weighted by Crippen LogP contribution is 2.26. The molecule has 2 heterocycles. The minimum absolute atomic E-state index is 0.239. The summed E-state index contributed by atoms with van der Waals surface area (Å²) in [5.41, 5.74) is -0.717. The fourth-order valence-electron chi connectivity index (χ4n) is 2.02. The van der Waals surface area contributed by atoms with Gasteiger partial charge in [0.25, 0.3) is 0 Å². The van der Waals surface area contributed by atoms with Crippen LogP contribution >= 0.6 is 0 Å². The second kappa shape index (κ2) is 3.88. The minimum atomic E-state index is -0.717. The Balaban J connectivity index is 2.32. The van der Waals surface area contributed by atoms with Gasteiger partial charge in [0.05, 0.1) is 6.61 Å². The van der Waals surface area contributed by atoms with Crippen LogP contribution in [0.2, 0.25) is 0 Å². The molecule has 0 atom stereocenters. The number of fused-ring (bicyclic) bond motifs is 1. The Labute approximate surface area is 94.8 Å². The number of aromatic nitrogens is 3. The van der Waals surface area contributed by atoms with Crippen LogP contribution in [0.4, 0.5) is 0 Å². The minimum Gasteiger partial charge on any atom is -0.465 e. The Hall–Kier alpha value is -1.39. The highest BCUT2D eigenvalue weighted by Gasteiger charge is 2.38. The van der Waals surface area contributed by atoms with E-state index in [9.17, 15) is 4.79 Å². The van der Waals surface area contributed by atoms with E-state index in [-0.39, 0.29) is 5.97 Å². The van der Waals surface area contributed by atoms with E-state index in [1.54, 1.807) is 0 Å². The predicted octanol–water partition coefficient (Wildman–Crippen LogP) is 1.06. The highest BCUT2D eigenvalue weighted by atomic mass is 16.5. The van der Waals surface area contributed by atoms with Crippen molar-refractivity contribution in [2.75, 3.05) is 6.61 Å². The maximum absolute atomic E-state index is 11.9. The number of aryl methyl sites for hydroxylation is 1. The summed E-state index contributed by atoms with van der Waals surface area (Å²) in [5.74, 6) is 1.46. The van der Waals surface area contributed by atoms with Gasteiger partial charge in [-0.2, -0.15) is 0 Å². The number of rotatable bonds is 3. The van der Waals surface area contributed by atoms with Gasteiger partial charge < -0.3 is 9.30 Å². The second-order valence-electron chi connectivity index (χ2n) is 4.54. The van der Waals surface area contributed by atoms with Crippen LogP contribution < -0.4 is 0 Å². The molecule has 0 amide bonds. The lowest BCUT2D eigenvalue weighted by atomic mass is 9.92. The molecule has 0 aliphatic carbocycles. The Kier molecular flexibility index (Phi) is 2.69. The average Bonchev–Trinajstić information content (AvgIpc) is 2.77. The number of nitrogens with zero attached hydrogens (tertiary/aromatic N) is 3. The molecule has 16 heavy (non-hydrogen) atoms. The Morgan fingerprint density at radius 3 is 2.94 bits per heavy atom. The fraction of sp³-hybridized carbons (Fsp3) is 0.727.